The quantitative estimate of drug-likeness (QED) is 0.532. The van der Waals surface area contributed by atoms with Crippen molar-refractivity contribution in [1.29, 1.82) is 0 Å². The predicted octanol–water partition coefficient (Wildman–Crippen LogP) is 0.618. The van der Waals surface area contributed by atoms with Gasteiger partial charge in [0.05, 0.1) is 5.52 Å². The molecule has 2 aromatic rings. The van der Waals surface area contributed by atoms with Gasteiger partial charge in [0, 0.05) is 11.8 Å². The highest BCUT2D eigenvalue weighted by Gasteiger charge is 2.21. The van der Waals surface area contributed by atoms with Gasteiger partial charge in [-0.1, -0.05) is 17.7 Å². The third kappa shape index (κ3) is 1.53. The SMILES string of the molecule is CSn1c2c(C)c(=O)n(S)c(S)c2c(=O)n1O. The summed E-state index contributed by atoms with van der Waals surface area (Å²) in [6.45, 7) is 1.57. The summed E-state index contributed by atoms with van der Waals surface area (Å²) in [5.74, 6) is 0. The lowest BCUT2D eigenvalue weighted by Gasteiger charge is -2.06. The van der Waals surface area contributed by atoms with Crippen molar-refractivity contribution in [2.75, 3.05) is 6.26 Å². The minimum atomic E-state index is -0.634. The number of nitrogens with zero attached hydrogens (tertiary/aromatic N) is 3. The zero-order valence-electron chi connectivity index (χ0n) is 8.91. The third-order valence-electron chi connectivity index (χ3n) is 2.46. The van der Waals surface area contributed by atoms with Gasteiger partial charge in [-0.2, -0.15) is 4.09 Å². The van der Waals surface area contributed by atoms with E-state index in [9.17, 15) is 14.8 Å². The number of rotatable bonds is 1. The normalized spacial score (nSPS) is 11.3. The average molecular weight is 291 g/mol. The standard InChI is InChI=1S/C8H9N3O3S3/c1-3-5-4(8(15)9(16)6(3)12)7(13)10(14)11(5)17-2/h14-16H,1-2H3. The van der Waals surface area contributed by atoms with Crippen LogP contribution in [0.3, 0.4) is 0 Å². The fourth-order valence-corrected chi connectivity index (χ4v) is 2.82. The first-order chi connectivity index (χ1) is 7.91. The number of hydrogen-bond acceptors (Lipinski definition) is 6. The maximum Gasteiger partial charge on any atom is 0.313 e. The molecule has 0 spiro atoms. The second kappa shape index (κ2) is 4.07. The highest BCUT2D eigenvalue weighted by molar-refractivity contribution is 7.97. The molecule has 0 aromatic carbocycles. The van der Waals surface area contributed by atoms with Crippen molar-refractivity contribution in [1.82, 2.24) is 12.9 Å². The zero-order chi connectivity index (χ0) is 12.9. The molecule has 6 nitrogen and oxygen atoms in total. The smallest absolute Gasteiger partial charge is 0.313 e. The molecule has 0 aliphatic carbocycles. The summed E-state index contributed by atoms with van der Waals surface area (Å²) in [6.07, 6.45) is 1.68. The lowest BCUT2D eigenvalue weighted by molar-refractivity contribution is 0.134. The van der Waals surface area contributed by atoms with E-state index in [0.717, 1.165) is 15.9 Å². The molecule has 0 aliphatic rings. The molecule has 0 saturated carbocycles. The summed E-state index contributed by atoms with van der Waals surface area (Å²) in [7, 11) is 0. The highest BCUT2D eigenvalue weighted by Crippen LogP contribution is 2.23. The summed E-state index contributed by atoms with van der Waals surface area (Å²) in [4.78, 5) is 24.1. The van der Waals surface area contributed by atoms with Gasteiger partial charge in [-0.25, -0.2) is 3.97 Å². The van der Waals surface area contributed by atoms with Crippen LogP contribution in [0.25, 0.3) is 10.9 Å². The molecule has 0 unspecified atom stereocenters. The molecule has 17 heavy (non-hydrogen) atoms. The average Bonchev–Trinajstić information content (AvgIpc) is 2.57. The van der Waals surface area contributed by atoms with Crippen molar-refractivity contribution in [3.05, 3.63) is 26.3 Å². The Labute approximate surface area is 111 Å². The molecule has 0 amide bonds. The molecule has 0 aliphatic heterocycles. The van der Waals surface area contributed by atoms with Crippen molar-refractivity contribution in [2.45, 2.75) is 11.9 Å². The van der Waals surface area contributed by atoms with Crippen LogP contribution in [0.5, 0.6) is 0 Å². The van der Waals surface area contributed by atoms with E-state index < -0.39 is 5.56 Å². The monoisotopic (exact) mass is 291 g/mol. The van der Waals surface area contributed by atoms with Gasteiger partial charge < -0.3 is 5.21 Å². The fourth-order valence-electron chi connectivity index (χ4n) is 1.64. The van der Waals surface area contributed by atoms with Crippen molar-refractivity contribution in [3.63, 3.8) is 0 Å². The number of pyridine rings is 1. The Kier molecular flexibility index (Phi) is 3.00. The predicted molar refractivity (Wildman–Crippen MR) is 72.9 cm³/mol. The molecule has 1 N–H and O–H groups in total. The van der Waals surface area contributed by atoms with Crippen LogP contribution in [-0.4, -0.2) is 24.4 Å². The summed E-state index contributed by atoms with van der Waals surface area (Å²) in [6, 6.07) is 0. The van der Waals surface area contributed by atoms with Crippen LogP contribution in [0.4, 0.5) is 0 Å². The summed E-state index contributed by atoms with van der Waals surface area (Å²) >= 11 is 9.15. The van der Waals surface area contributed by atoms with Gasteiger partial charge in [-0.15, -0.1) is 12.6 Å². The van der Waals surface area contributed by atoms with E-state index in [-0.39, 0.29) is 16.0 Å². The maximum atomic E-state index is 11.8. The summed E-state index contributed by atoms with van der Waals surface area (Å²) in [5.41, 5.74) is -0.332. The lowest BCUT2D eigenvalue weighted by Crippen LogP contribution is -2.19. The van der Waals surface area contributed by atoms with Gasteiger partial charge in [0.1, 0.15) is 10.4 Å². The summed E-state index contributed by atoms with van der Waals surface area (Å²) < 4.78 is 2.22. The maximum absolute atomic E-state index is 11.8. The third-order valence-corrected chi connectivity index (χ3v) is 4.11. The van der Waals surface area contributed by atoms with E-state index in [2.05, 4.69) is 25.4 Å². The number of thiol groups is 2. The van der Waals surface area contributed by atoms with Gasteiger partial charge in [0.15, 0.2) is 0 Å². The topological polar surface area (TPSA) is 69.2 Å². The minimum Gasteiger partial charge on any atom is -0.409 e. The number of aryl methyl sites for hydroxylation is 1. The highest BCUT2D eigenvalue weighted by atomic mass is 32.2. The number of fused-ring (bicyclic) bond motifs is 1. The first-order valence-corrected chi connectivity index (χ1v) is 6.50. The van der Waals surface area contributed by atoms with E-state index >= 15 is 0 Å². The van der Waals surface area contributed by atoms with Crippen LogP contribution in [0, 0.1) is 6.92 Å². The van der Waals surface area contributed by atoms with Crippen molar-refractivity contribution >= 4 is 48.3 Å². The van der Waals surface area contributed by atoms with Crippen molar-refractivity contribution in [3.8, 4) is 0 Å². The number of aromatic nitrogens is 3. The van der Waals surface area contributed by atoms with E-state index in [1.165, 1.54) is 4.09 Å². The Morgan fingerprint density at radius 1 is 1.29 bits per heavy atom. The molecule has 2 rings (SSSR count). The Balaban J connectivity index is 3.24. The van der Waals surface area contributed by atoms with E-state index in [4.69, 9.17) is 0 Å². The largest absolute Gasteiger partial charge is 0.409 e. The number of hydrogen-bond donors (Lipinski definition) is 3. The molecule has 0 radical (unpaired) electrons. The molecule has 0 saturated heterocycles. The van der Waals surface area contributed by atoms with Gasteiger partial charge in [-0.3, -0.25) is 9.59 Å². The minimum absolute atomic E-state index is 0.111. The fraction of sp³-hybridized carbons (Fsp3) is 0.250. The molecular formula is C8H9N3O3S3. The van der Waals surface area contributed by atoms with Crippen LogP contribution in [0.1, 0.15) is 5.56 Å². The van der Waals surface area contributed by atoms with Gasteiger partial charge in [-0.05, 0) is 18.9 Å². The molecule has 0 atom stereocenters. The molecule has 92 valence electrons. The molecule has 9 heteroatoms. The van der Waals surface area contributed by atoms with Crippen LogP contribution < -0.4 is 11.1 Å². The summed E-state index contributed by atoms with van der Waals surface area (Å²) in [5, 5.41) is 9.90. The van der Waals surface area contributed by atoms with Gasteiger partial charge in [0.25, 0.3) is 5.56 Å². The van der Waals surface area contributed by atoms with Crippen LogP contribution in [-0.2, 0) is 0 Å². The Bertz CT molecular complexity index is 728. The van der Waals surface area contributed by atoms with Crippen LogP contribution in [0.2, 0.25) is 0 Å². The molecule has 0 fully saturated rings. The Hall–Kier alpha value is -0.930. The molecule has 2 heterocycles. The van der Waals surface area contributed by atoms with E-state index in [0.29, 0.717) is 15.9 Å². The molecular weight excluding hydrogens is 282 g/mol. The lowest BCUT2D eigenvalue weighted by atomic mass is 10.2. The van der Waals surface area contributed by atoms with Crippen LogP contribution in [0.15, 0.2) is 14.6 Å². The van der Waals surface area contributed by atoms with E-state index in [1.54, 1.807) is 13.2 Å². The molecule has 0 bridgehead atoms. The first-order valence-electron chi connectivity index (χ1n) is 4.47. The van der Waals surface area contributed by atoms with E-state index in [1.807, 2.05) is 0 Å². The second-order valence-electron chi connectivity index (χ2n) is 3.34. The van der Waals surface area contributed by atoms with Gasteiger partial charge >= 0.3 is 5.56 Å². The van der Waals surface area contributed by atoms with Gasteiger partial charge in [0.2, 0.25) is 0 Å². The Morgan fingerprint density at radius 3 is 2.41 bits per heavy atom. The van der Waals surface area contributed by atoms with Crippen molar-refractivity contribution < 1.29 is 5.21 Å². The Morgan fingerprint density at radius 2 is 1.88 bits per heavy atom. The molecule has 2 aromatic heterocycles. The zero-order valence-corrected chi connectivity index (χ0v) is 11.5. The van der Waals surface area contributed by atoms with Crippen LogP contribution >= 0.6 is 37.4 Å². The van der Waals surface area contributed by atoms with Crippen molar-refractivity contribution in [2.24, 2.45) is 0 Å². The second-order valence-corrected chi connectivity index (χ2v) is 4.87. The first kappa shape index (κ1) is 12.5.